The van der Waals surface area contributed by atoms with Gasteiger partial charge >= 0.3 is 0 Å². The number of nitro groups is 2. The average Bonchev–Trinajstić information content (AvgIpc) is 2.58. The van der Waals surface area contributed by atoms with E-state index in [1.807, 2.05) is 10.9 Å². The maximum atomic E-state index is 10.1. The molecular formula is C4H6N8O4. The Balaban J connectivity index is 1.99. The zero-order valence-corrected chi connectivity index (χ0v) is 7.58. The summed E-state index contributed by atoms with van der Waals surface area (Å²) in [4.78, 5) is 27.8. The van der Waals surface area contributed by atoms with E-state index in [1.165, 1.54) is 0 Å². The maximum absolute atomic E-state index is 10.1. The molecule has 0 aromatic carbocycles. The van der Waals surface area contributed by atoms with E-state index < -0.39 is 22.4 Å². The van der Waals surface area contributed by atoms with Crippen LogP contribution in [0.4, 0.5) is 0 Å². The third-order valence-electron chi connectivity index (χ3n) is 1.80. The largest absolute Gasteiger partial charge is 0.328 e. The van der Waals surface area contributed by atoms with Crippen molar-refractivity contribution in [1.82, 2.24) is 21.5 Å². The monoisotopic (exact) mass is 230 g/mol. The molecule has 0 radical (unpaired) electrons. The molecule has 0 aromatic rings. The van der Waals surface area contributed by atoms with Crippen LogP contribution in [0.25, 0.3) is 0 Å². The van der Waals surface area contributed by atoms with Crippen molar-refractivity contribution in [2.45, 2.75) is 12.3 Å². The minimum atomic E-state index is -0.771. The highest BCUT2D eigenvalue weighted by Gasteiger charge is 2.36. The van der Waals surface area contributed by atoms with Gasteiger partial charge in [-0.1, -0.05) is 10.9 Å². The number of hydrazine groups is 2. The van der Waals surface area contributed by atoms with Gasteiger partial charge in [0.1, 0.15) is 6.17 Å². The van der Waals surface area contributed by atoms with E-state index in [9.17, 15) is 20.2 Å². The second kappa shape index (κ2) is 3.48. The minimum absolute atomic E-state index is 0.0450. The number of aliphatic imine (C=N–C) groups is 2. The molecule has 0 unspecified atom stereocenters. The van der Waals surface area contributed by atoms with Crippen LogP contribution in [0.15, 0.2) is 9.98 Å². The van der Waals surface area contributed by atoms with Gasteiger partial charge in [-0.25, -0.2) is 30.2 Å². The van der Waals surface area contributed by atoms with E-state index in [0.717, 1.165) is 0 Å². The molecule has 0 spiro atoms. The number of rotatable bonds is 2. The predicted octanol–water partition coefficient (Wildman–Crippen LogP) is -2.88. The Kier molecular flexibility index (Phi) is 2.15. The van der Waals surface area contributed by atoms with E-state index in [1.54, 1.807) is 0 Å². The Bertz CT molecular complexity index is 367. The van der Waals surface area contributed by atoms with Crippen molar-refractivity contribution in [2.24, 2.45) is 9.98 Å². The van der Waals surface area contributed by atoms with Gasteiger partial charge in [0.2, 0.25) is 0 Å². The number of fused-ring (bicyclic) bond motifs is 1. The first-order chi connectivity index (χ1) is 7.54. The summed E-state index contributed by atoms with van der Waals surface area (Å²) in [5, 5.41) is 23.9. The summed E-state index contributed by atoms with van der Waals surface area (Å²) < 4.78 is 0. The summed E-state index contributed by atoms with van der Waals surface area (Å²) in [6.07, 6.45) is -1.19. The lowest BCUT2D eigenvalue weighted by Crippen LogP contribution is -2.51. The molecule has 0 aromatic heterocycles. The Morgan fingerprint density at radius 1 is 1.06 bits per heavy atom. The topological polar surface area (TPSA) is 159 Å². The molecule has 86 valence electrons. The molecular weight excluding hydrogens is 224 g/mol. The van der Waals surface area contributed by atoms with Gasteiger partial charge in [0, 0.05) is 0 Å². The molecule has 16 heavy (non-hydrogen) atoms. The van der Waals surface area contributed by atoms with Gasteiger partial charge in [0.05, 0.1) is 0 Å². The third-order valence-corrected chi connectivity index (χ3v) is 1.80. The van der Waals surface area contributed by atoms with Crippen LogP contribution < -0.4 is 21.5 Å². The lowest BCUT2D eigenvalue weighted by atomic mass is 10.4. The van der Waals surface area contributed by atoms with Gasteiger partial charge in [-0.3, -0.25) is 0 Å². The van der Waals surface area contributed by atoms with Gasteiger partial charge in [-0.05, 0) is 0 Å². The first-order valence-electron chi connectivity index (χ1n) is 4.05. The summed E-state index contributed by atoms with van der Waals surface area (Å²) >= 11 is 0. The molecule has 2 heterocycles. The smallest absolute Gasteiger partial charge is 0.258 e. The second-order valence-electron chi connectivity index (χ2n) is 2.87. The van der Waals surface area contributed by atoms with Crippen LogP contribution in [-0.2, 0) is 0 Å². The Morgan fingerprint density at radius 3 is 1.81 bits per heavy atom. The standard InChI is InChI=1S/C4H6N8O4/c13-11(14)9-3-5-1-2(7-3)8-4(6-1)10-12(15)16/h1-2H,(H2,5,7,9)(H2,6,8,10). The fraction of sp³-hybridized carbons (Fsp3) is 0.500. The van der Waals surface area contributed by atoms with Crippen molar-refractivity contribution in [1.29, 1.82) is 0 Å². The normalized spacial score (nSPS) is 25.8. The zero-order chi connectivity index (χ0) is 11.7. The molecule has 0 amide bonds. The quantitative estimate of drug-likeness (QED) is 0.290. The van der Waals surface area contributed by atoms with Crippen LogP contribution in [0.5, 0.6) is 0 Å². The summed E-state index contributed by atoms with van der Waals surface area (Å²) in [5.74, 6) is -0.0900. The molecule has 0 atom stereocenters. The first kappa shape index (κ1) is 9.88. The lowest BCUT2D eigenvalue weighted by molar-refractivity contribution is -0.525. The van der Waals surface area contributed by atoms with Crippen LogP contribution in [0, 0.1) is 20.2 Å². The fourth-order valence-corrected chi connectivity index (χ4v) is 1.29. The van der Waals surface area contributed by atoms with Crippen LogP contribution >= 0.6 is 0 Å². The van der Waals surface area contributed by atoms with Crippen molar-refractivity contribution in [3.05, 3.63) is 20.2 Å². The number of hydrogen-bond acceptors (Lipinski definition) is 8. The predicted molar refractivity (Wildman–Crippen MR) is 49.0 cm³/mol. The fourth-order valence-electron chi connectivity index (χ4n) is 1.29. The van der Waals surface area contributed by atoms with Crippen LogP contribution in [-0.4, -0.2) is 34.3 Å². The highest BCUT2D eigenvalue weighted by Crippen LogP contribution is 2.10. The number of nitrogens with one attached hydrogen (secondary N) is 4. The van der Waals surface area contributed by atoms with Gasteiger partial charge < -0.3 is 10.6 Å². The van der Waals surface area contributed by atoms with Gasteiger partial charge in [-0.2, -0.15) is 0 Å². The van der Waals surface area contributed by atoms with E-state index in [0.29, 0.717) is 0 Å². The van der Waals surface area contributed by atoms with Crippen LogP contribution in [0.1, 0.15) is 0 Å². The first-order valence-corrected chi connectivity index (χ1v) is 4.05. The number of nitrogens with zero attached hydrogens (tertiary/aromatic N) is 4. The second-order valence-corrected chi connectivity index (χ2v) is 2.87. The number of hydrogen-bond donors (Lipinski definition) is 4. The SMILES string of the molecule is O=[N+]([O-])NC1=NC2N=C(N[N+](=O)[O-])NC2N1. The molecule has 2 aliphatic heterocycles. The Hall–Kier alpha value is -2.66. The molecule has 0 saturated heterocycles. The molecule has 12 nitrogen and oxygen atoms in total. The summed E-state index contributed by atoms with van der Waals surface area (Å²) in [6, 6.07) is 0. The minimum Gasteiger partial charge on any atom is -0.328 e. The molecule has 2 aliphatic rings. The summed E-state index contributed by atoms with van der Waals surface area (Å²) in [7, 11) is 0. The van der Waals surface area contributed by atoms with Crippen molar-refractivity contribution in [3.63, 3.8) is 0 Å². The van der Waals surface area contributed by atoms with E-state index in [4.69, 9.17) is 0 Å². The van der Waals surface area contributed by atoms with Gasteiger partial charge in [0.25, 0.3) is 11.9 Å². The highest BCUT2D eigenvalue weighted by molar-refractivity contribution is 5.86. The van der Waals surface area contributed by atoms with Crippen LogP contribution in [0.3, 0.4) is 0 Å². The number of guanidine groups is 2. The zero-order valence-electron chi connectivity index (χ0n) is 7.58. The van der Waals surface area contributed by atoms with Crippen molar-refractivity contribution < 1.29 is 10.1 Å². The Labute approximate surface area is 87.1 Å². The van der Waals surface area contributed by atoms with Crippen molar-refractivity contribution in [2.75, 3.05) is 0 Å². The molecule has 0 fully saturated rings. The van der Waals surface area contributed by atoms with E-state index in [2.05, 4.69) is 20.6 Å². The molecule has 2 rings (SSSR count). The molecule has 0 bridgehead atoms. The summed E-state index contributed by atoms with van der Waals surface area (Å²) in [5.41, 5.74) is 3.65. The molecule has 12 heteroatoms. The summed E-state index contributed by atoms with van der Waals surface area (Å²) in [6.45, 7) is 0. The van der Waals surface area contributed by atoms with E-state index >= 15 is 0 Å². The van der Waals surface area contributed by atoms with Gasteiger partial charge in [-0.15, -0.1) is 0 Å². The Morgan fingerprint density at radius 2 is 1.50 bits per heavy atom. The van der Waals surface area contributed by atoms with Crippen molar-refractivity contribution in [3.8, 4) is 0 Å². The molecule has 0 saturated carbocycles. The molecule has 4 N–H and O–H groups in total. The van der Waals surface area contributed by atoms with Crippen LogP contribution in [0.2, 0.25) is 0 Å². The average molecular weight is 230 g/mol. The maximum Gasteiger partial charge on any atom is 0.258 e. The lowest BCUT2D eigenvalue weighted by Gasteiger charge is -2.08. The highest BCUT2D eigenvalue weighted by atomic mass is 16.7. The third kappa shape index (κ3) is 1.89. The van der Waals surface area contributed by atoms with E-state index in [-0.39, 0.29) is 11.9 Å². The van der Waals surface area contributed by atoms with Crippen molar-refractivity contribution >= 4 is 11.9 Å². The molecule has 0 aliphatic carbocycles. The van der Waals surface area contributed by atoms with Gasteiger partial charge in [0.15, 0.2) is 16.2 Å².